The van der Waals surface area contributed by atoms with Crippen molar-refractivity contribution in [3.63, 3.8) is 0 Å². The van der Waals surface area contributed by atoms with Crippen molar-refractivity contribution < 1.29 is 19.4 Å². The standard InChI is InChI=1S/C9H17NO4/c1-7(2)6-14-9(13)10-5-3-4-8(11)12/h7H,3-6H2,1-2H3,(H,10,13)(H,11,12). The summed E-state index contributed by atoms with van der Waals surface area (Å²) in [6.45, 7) is 4.60. The molecule has 0 aromatic heterocycles. The van der Waals surface area contributed by atoms with Crippen LogP contribution in [0.3, 0.4) is 0 Å². The van der Waals surface area contributed by atoms with Gasteiger partial charge in [-0.15, -0.1) is 0 Å². The van der Waals surface area contributed by atoms with Crippen LogP contribution in [-0.4, -0.2) is 30.3 Å². The molecule has 0 aromatic rings. The van der Waals surface area contributed by atoms with Gasteiger partial charge in [-0.05, 0) is 12.3 Å². The molecule has 0 fully saturated rings. The summed E-state index contributed by atoms with van der Waals surface area (Å²) in [6.07, 6.45) is 0.000386. The Morgan fingerprint density at radius 3 is 2.57 bits per heavy atom. The minimum atomic E-state index is -0.859. The third-order valence-electron chi connectivity index (χ3n) is 1.38. The third kappa shape index (κ3) is 8.83. The van der Waals surface area contributed by atoms with Crippen LogP contribution >= 0.6 is 0 Å². The lowest BCUT2D eigenvalue weighted by molar-refractivity contribution is -0.137. The third-order valence-corrected chi connectivity index (χ3v) is 1.38. The SMILES string of the molecule is CC(C)COC(=O)NCCCC(=O)O. The molecule has 0 atom stereocenters. The molecule has 0 spiro atoms. The molecule has 0 aliphatic heterocycles. The van der Waals surface area contributed by atoms with Gasteiger partial charge in [-0.3, -0.25) is 4.79 Å². The van der Waals surface area contributed by atoms with Crippen molar-refractivity contribution in [2.45, 2.75) is 26.7 Å². The number of carboxylic acid groups (broad SMARTS) is 1. The van der Waals surface area contributed by atoms with Crippen LogP contribution in [-0.2, 0) is 9.53 Å². The molecule has 0 aliphatic carbocycles. The first-order valence-corrected chi connectivity index (χ1v) is 4.64. The fourth-order valence-electron chi connectivity index (χ4n) is 0.723. The zero-order valence-electron chi connectivity index (χ0n) is 8.58. The van der Waals surface area contributed by atoms with E-state index >= 15 is 0 Å². The van der Waals surface area contributed by atoms with E-state index in [4.69, 9.17) is 9.84 Å². The summed E-state index contributed by atoms with van der Waals surface area (Å²) in [7, 11) is 0. The summed E-state index contributed by atoms with van der Waals surface area (Å²) in [4.78, 5) is 21.0. The van der Waals surface area contributed by atoms with Gasteiger partial charge < -0.3 is 15.2 Å². The molecule has 1 amide bonds. The maximum absolute atomic E-state index is 10.9. The summed E-state index contributed by atoms with van der Waals surface area (Å²) in [5.41, 5.74) is 0. The maximum Gasteiger partial charge on any atom is 0.407 e. The van der Waals surface area contributed by atoms with Crippen LogP contribution in [0.15, 0.2) is 0 Å². The number of amides is 1. The molecule has 0 saturated carbocycles. The van der Waals surface area contributed by atoms with Gasteiger partial charge >= 0.3 is 12.1 Å². The van der Waals surface area contributed by atoms with E-state index in [0.29, 0.717) is 25.5 Å². The predicted octanol–water partition coefficient (Wildman–Crippen LogP) is 1.23. The first kappa shape index (κ1) is 12.7. The molecule has 0 radical (unpaired) electrons. The van der Waals surface area contributed by atoms with Gasteiger partial charge in [0.25, 0.3) is 0 Å². The summed E-state index contributed by atoms with van der Waals surface area (Å²) < 4.78 is 4.81. The molecule has 2 N–H and O–H groups in total. The minimum absolute atomic E-state index is 0.0600. The van der Waals surface area contributed by atoms with E-state index in [1.54, 1.807) is 0 Å². The monoisotopic (exact) mass is 203 g/mol. The van der Waals surface area contributed by atoms with Gasteiger partial charge in [0.1, 0.15) is 0 Å². The average molecular weight is 203 g/mol. The number of rotatable bonds is 6. The van der Waals surface area contributed by atoms with Crippen molar-refractivity contribution in [1.29, 1.82) is 0 Å². The Morgan fingerprint density at radius 1 is 1.43 bits per heavy atom. The van der Waals surface area contributed by atoms with Gasteiger partial charge in [0.15, 0.2) is 0 Å². The molecule has 0 heterocycles. The fraction of sp³-hybridized carbons (Fsp3) is 0.778. The number of hydrogen-bond acceptors (Lipinski definition) is 3. The number of carboxylic acids is 1. The zero-order chi connectivity index (χ0) is 11.0. The lowest BCUT2D eigenvalue weighted by Gasteiger charge is -2.07. The Bertz CT molecular complexity index is 191. The maximum atomic E-state index is 10.9. The largest absolute Gasteiger partial charge is 0.481 e. The molecule has 14 heavy (non-hydrogen) atoms. The number of hydrogen-bond donors (Lipinski definition) is 2. The molecule has 0 aromatic carbocycles. The van der Waals surface area contributed by atoms with E-state index in [0.717, 1.165) is 0 Å². The smallest absolute Gasteiger partial charge is 0.407 e. The van der Waals surface area contributed by atoms with Crippen LogP contribution in [0.2, 0.25) is 0 Å². The highest BCUT2D eigenvalue weighted by molar-refractivity contribution is 5.68. The van der Waals surface area contributed by atoms with Crippen LogP contribution in [0, 0.1) is 5.92 Å². The van der Waals surface area contributed by atoms with E-state index in [2.05, 4.69) is 5.32 Å². The normalized spacial score (nSPS) is 9.93. The highest BCUT2D eigenvalue weighted by atomic mass is 16.5. The van der Waals surface area contributed by atoms with Gasteiger partial charge in [0.2, 0.25) is 0 Å². The zero-order valence-corrected chi connectivity index (χ0v) is 8.58. The Hall–Kier alpha value is -1.26. The molecular weight excluding hydrogens is 186 g/mol. The second kappa shape index (κ2) is 7.17. The summed E-state index contributed by atoms with van der Waals surface area (Å²) in [5, 5.41) is 10.8. The Labute approximate surface area is 83.4 Å². The molecule has 0 aliphatic rings. The Balaban J connectivity index is 3.31. The second-order valence-corrected chi connectivity index (χ2v) is 3.42. The summed E-state index contributed by atoms with van der Waals surface area (Å²) in [5.74, 6) is -0.554. The lowest BCUT2D eigenvalue weighted by Crippen LogP contribution is -2.26. The number of alkyl carbamates (subject to hydrolysis) is 1. The van der Waals surface area contributed by atoms with Gasteiger partial charge in [0, 0.05) is 13.0 Å². The van der Waals surface area contributed by atoms with E-state index in [9.17, 15) is 9.59 Å². The van der Waals surface area contributed by atoms with Gasteiger partial charge in [-0.1, -0.05) is 13.8 Å². The van der Waals surface area contributed by atoms with Crippen LogP contribution in [0.25, 0.3) is 0 Å². The molecule has 82 valence electrons. The highest BCUT2D eigenvalue weighted by Gasteiger charge is 2.03. The second-order valence-electron chi connectivity index (χ2n) is 3.42. The molecule has 0 saturated heterocycles. The number of carbonyl (C=O) groups is 2. The van der Waals surface area contributed by atoms with Gasteiger partial charge in [0.05, 0.1) is 6.61 Å². The van der Waals surface area contributed by atoms with E-state index in [-0.39, 0.29) is 6.42 Å². The number of aliphatic carboxylic acids is 1. The van der Waals surface area contributed by atoms with Gasteiger partial charge in [-0.25, -0.2) is 4.79 Å². The van der Waals surface area contributed by atoms with Crippen molar-refractivity contribution >= 4 is 12.1 Å². The molecular formula is C9H17NO4. The van der Waals surface area contributed by atoms with E-state index in [1.807, 2.05) is 13.8 Å². The first-order chi connectivity index (χ1) is 6.52. The van der Waals surface area contributed by atoms with Crippen molar-refractivity contribution in [3.8, 4) is 0 Å². The van der Waals surface area contributed by atoms with E-state index < -0.39 is 12.1 Å². The molecule has 5 heteroatoms. The number of ether oxygens (including phenoxy) is 1. The van der Waals surface area contributed by atoms with Crippen LogP contribution in [0.4, 0.5) is 4.79 Å². The topological polar surface area (TPSA) is 75.6 Å². The predicted molar refractivity (Wildman–Crippen MR) is 51.1 cm³/mol. The minimum Gasteiger partial charge on any atom is -0.481 e. The van der Waals surface area contributed by atoms with Crippen LogP contribution in [0.1, 0.15) is 26.7 Å². The van der Waals surface area contributed by atoms with Crippen LogP contribution in [0.5, 0.6) is 0 Å². The van der Waals surface area contributed by atoms with Crippen molar-refractivity contribution in [3.05, 3.63) is 0 Å². The average Bonchev–Trinajstić information content (AvgIpc) is 2.08. The Kier molecular flexibility index (Phi) is 6.53. The molecule has 0 bridgehead atoms. The number of nitrogens with one attached hydrogen (secondary N) is 1. The molecule has 0 unspecified atom stereocenters. The van der Waals surface area contributed by atoms with Crippen molar-refractivity contribution in [2.75, 3.05) is 13.2 Å². The first-order valence-electron chi connectivity index (χ1n) is 4.64. The van der Waals surface area contributed by atoms with Crippen molar-refractivity contribution in [2.24, 2.45) is 5.92 Å². The quantitative estimate of drug-likeness (QED) is 0.637. The summed E-state index contributed by atoms with van der Waals surface area (Å²) in [6, 6.07) is 0. The highest BCUT2D eigenvalue weighted by Crippen LogP contribution is 1.93. The molecule has 5 nitrogen and oxygen atoms in total. The van der Waals surface area contributed by atoms with Crippen molar-refractivity contribution in [1.82, 2.24) is 5.32 Å². The fourth-order valence-corrected chi connectivity index (χ4v) is 0.723. The summed E-state index contributed by atoms with van der Waals surface area (Å²) >= 11 is 0. The van der Waals surface area contributed by atoms with E-state index in [1.165, 1.54) is 0 Å². The Morgan fingerprint density at radius 2 is 2.07 bits per heavy atom. The number of carbonyl (C=O) groups excluding carboxylic acids is 1. The molecule has 0 rings (SSSR count). The van der Waals surface area contributed by atoms with Gasteiger partial charge in [-0.2, -0.15) is 0 Å². The lowest BCUT2D eigenvalue weighted by atomic mass is 10.2. The van der Waals surface area contributed by atoms with Crippen LogP contribution < -0.4 is 5.32 Å².